The molecule has 17 heavy (non-hydrogen) atoms. The Kier molecular flexibility index (Phi) is 5.80. The van der Waals surface area contributed by atoms with Crippen LogP contribution in [0.4, 0.5) is 0 Å². The molecule has 5 nitrogen and oxygen atoms in total. The SMILES string of the molecule is CN(CC/C(N)=N/O)C(=O)CCC1CCCC1. The van der Waals surface area contributed by atoms with Crippen molar-refractivity contribution in [1.29, 1.82) is 0 Å². The van der Waals surface area contributed by atoms with Crippen molar-refractivity contribution < 1.29 is 10.0 Å². The lowest BCUT2D eigenvalue weighted by Gasteiger charge is -2.17. The quantitative estimate of drug-likeness (QED) is 0.320. The van der Waals surface area contributed by atoms with Crippen molar-refractivity contribution >= 4 is 11.7 Å². The molecule has 1 aliphatic carbocycles. The highest BCUT2D eigenvalue weighted by Gasteiger charge is 2.17. The van der Waals surface area contributed by atoms with Gasteiger partial charge in [-0.3, -0.25) is 4.79 Å². The Labute approximate surface area is 103 Å². The molecule has 1 aliphatic rings. The Morgan fingerprint density at radius 2 is 2.06 bits per heavy atom. The Hall–Kier alpha value is -1.26. The van der Waals surface area contributed by atoms with Crippen molar-refractivity contribution in [3.05, 3.63) is 0 Å². The van der Waals surface area contributed by atoms with E-state index in [0.717, 1.165) is 12.3 Å². The molecule has 0 saturated heterocycles. The monoisotopic (exact) mass is 241 g/mol. The number of rotatable bonds is 6. The predicted octanol–water partition coefficient (Wildman–Crippen LogP) is 1.55. The summed E-state index contributed by atoms with van der Waals surface area (Å²) in [6.07, 6.45) is 7.24. The minimum atomic E-state index is 0.155. The van der Waals surface area contributed by atoms with Gasteiger partial charge in [0.25, 0.3) is 0 Å². The van der Waals surface area contributed by atoms with Gasteiger partial charge in [-0.15, -0.1) is 0 Å². The van der Waals surface area contributed by atoms with Gasteiger partial charge >= 0.3 is 0 Å². The highest BCUT2D eigenvalue weighted by Crippen LogP contribution is 2.28. The molecule has 0 aromatic heterocycles. The molecule has 1 saturated carbocycles. The molecule has 0 bridgehead atoms. The van der Waals surface area contributed by atoms with E-state index >= 15 is 0 Å². The molecule has 98 valence electrons. The van der Waals surface area contributed by atoms with Crippen LogP contribution in [0, 0.1) is 5.92 Å². The van der Waals surface area contributed by atoms with Crippen molar-refractivity contribution in [3.63, 3.8) is 0 Å². The van der Waals surface area contributed by atoms with E-state index < -0.39 is 0 Å². The second-order valence-corrected chi connectivity index (χ2v) is 4.85. The Balaban J connectivity index is 2.17. The second-order valence-electron chi connectivity index (χ2n) is 4.85. The first-order chi connectivity index (χ1) is 8.13. The molecule has 0 spiro atoms. The summed E-state index contributed by atoms with van der Waals surface area (Å²) in [6, 6.07) is 0. The number of oxime groups is 1. The third kappa shape index (κ3) is 5.06. The van der Waals surface area contributed by atoms with Crippen LogP contribution in [0.3, 0.4) is 0 Å². The standard InChI is InChI=1S/C12H23N3O2/c1-15(9-8-11(13)14-17)12(16)7-6-10-4-2-3-5-10/h10,17H,2-9H2,1H3,(H2,13,14). The fourth-order valence-corrected chi connectivity index (χ4v) is 2.27. The molecule has 1 rings (SSSR count). The summed E-state index contributed by atoms with van der Waals surface area (Å²) >= 11 is 0. The van der Waals surface area contributed by atoms with E-state index in [2.05, 4.69) is 5.16 Å². The zero-order valence-electron chi connectivity index (χ0n) is 10.6. The number of amides is 1. The van der Waals surface area contributed by atoms with Crippen LogP contribution < -0.4 is 5.73 Å². The first kappa shape index (κ1) is 13.8. The van der Waals surface area contributed by atoms with E-state index in [1.807, 2.05) is 0 Å². The minimum absolute atomic E-state index is 0.155. The van der Waals surface area contributed by atoms with Crippen molar-refractivity contribution in [2.24, 2.45) is 16.8 Å². The van der Waals surface area contributed by atoms with Crippen LogP contribution in [-0.2, 0) is 4.79 Å². The molecule has 0 aromatic carbocycles. The number of nitrogens with zero attached hydrogens (tertiary/aromatic N) is 2. The molecule has 0 aromatic rings. The van der Waals surface area contributed by atoms with Crippen LogP contribution in [0.2, 0.25) is 0 Å². The van der Waals surface area contributed by atoms with E-state index in [-0.39, 0.29) is 11.7 Å². The Morgan fingerprint density at radius 3 is 2.65 bits per heavy atom. The van der Waals surface area contributed by atoms with Crippen LogP contribution in [0.25, 0.3) is 0 Å². The van der Waals surface area contributed by atoms with Gasteiger partial charge in [0.2, 0.25) is 5.91 Å². The zero-order chi connectivity index (χ0) is 12.7. The van der Waals surface area contributed by atoms with E-state index in [4.69, 9.17) is 10.9 Å². The lowest BCUT2D eigenvalue weighted by atomic mass is 10.0. The van der Waals surface area contributed by atoms with Gasteiger partial charge < -0.3 is 15.8 Å². The Morgan fingerprint density at radius 1 is 1.41 bits per heavy atom. The number of carbonyl (C=O) groups excluding carboxylic acids is 1. The minimum Gasteiger partial charge on any atom is -0.409 e. The fraction of sp³-hybridized carbons (Fsp3) is 0.833. The van der Waals surface area contributed by atoms with Crippen molar-refractivity contribution in [2.45, 2.75) is 44.9 Å². The largest absolute Gasteiger partial charge is 0.409 e. The van der Waals surface area contributed by atoms with Crippen LogP contribution >= 0.6 is 0 Å². The molecule has 1 fully saturated rings. The van der Waals surface area contributed by atoms with Gasteiger partial charge in [0.15, 0.2) is 0 Å². The Bertz CT molecular complexity index is 273. The highest BCUT2D eigenvalue weighted by molar-refractivity contribution is 5.81. The average molecular weight is 241 g/mol. The number of hydrogen-bond acceptors (Lipinski definition) is 3. The molecule has 0 radical (unpaired) electrons. The maximum absolute atomic E-state index is 11.8. The van der Waals surface area contributed by atoms with E-state index in [1.54, 1.807) is 11.9 Å². The van der Waals surface area contributed by atoms with Gasteiger partial charge in [0, 0.05) is 26.4 Å². The lowest BCUT2D eigenvalue weighted by molar-refractivity contribution is -0.130. The summed E-state index contributed by atoms with van der Waals surface area (Å²) < 4.78 is 0. The number of amidine groups is 1. The van der Waals surface area contributed by atoms with Gasteiger partial charge in [-0.2, -0.15) is 0 Å². The summed E-state index contributed by atoms with van der Waals surface area (Å²) in [5, 5.41) is 11.3. The topological polar surface area (TPSA) is 78.9 Å². The van der Waals surface area contributed by atoms with Gasteiger partial charge in [0.05, 0.1) is 0 Å². The fourth-order valence-electron chi connectivity index (χ4n) is 2.27. The van der Waals surface area contributed by atoms with Crippen LogP contribution in [0.5, 0.6) is 0 Å². The van der Waals surface area contributed by atoms with E-state index in [0.29, 0.717) is 19.4 Å². The van der Waals surface area contributed by atoms with Gasteiger partial charge in [-0.1, -0.05) is 30.8 Å². The van der Waals surface area contributed by atoms with Crippen molar-refractivity contribution in [2.75, 3.05) is 13.6 Å². The maximum Gasteiger partial charge on any atom is 0.222 e. The smallest absolute Gasteiger partial charge is 0.222 e. The number of nitrogens with two attached hydrogens (primary N) is 1. The number of carbonyl (C=O) groups is 1. The van der Waals surface area contributed by atoms with Gasteiger partial charge in [-0.05, 0) is 12.3 Å². The summed E-state index contributed by atoms with van der Waals surface area (Å²) in [4.78, 5) is 13.4. The van der Waals surface area contributed by atoms with Gasteiger partial charge in [0.1, 0.15) is 5.84 Å². The summed E-state index contributed by atoms with van der Waals surface area (Å²) in [6.45, 7) is 0.513. The maximum atomic E-state index is 11.8. The van der Waals surface area contributed by atoms with Gasteiger partial charge in [-0.25, -0.2) is 0 Å². The third-order valence-electron chi connectivity index (χ3n) is 3.50. The summed E-state index contributed by atoms with van der Waals surface area (Å²) in [5.74, 6) is 1.07. The molecule has 1 amide bonds. The zero-order valence-corrected chi connectivity index (χ0v) is 10.6. The molecular weight excluding hydrogens is 218 g/mol. The van der Waals surface area contributed by atoms with Crippen molar-refractivity contribution in [3.8, 4) is 0 Å². The molecule has 5 heteroatoms. The van der Waals surface area contributed by atoms with Crippen LogP contribution in [0.1, 0.15) is 44.9 Å². The average Bonchev–Trinajstić information content (AvgIpc) is 2.85. The van der Waals surface area contributed by atoms with E-state index in [1.165, 1.54) is 25.7 Å². The van der Waals surface area contributed by atoms with Crippen LogP contribution in [0.15, 0.2) is 5.16 Å². The summed E-state index contributed by atoms with van der Waals surface area (Å²) in [5.41, 5.74) is 5.36. The highest BCUT2D eigenvalue weighted by atomic mass is 16.4. The van der Waals surface area contributed by atoms with E-state index in [9.17, 15) is 4.79 Å². The molecule has 3 N–H and O–H groups in total. The summed E-state index contributed by atoms with van der Waals surface area (Å²) in [7, 11) is 1.77. The lowest BCUT2D eigenvalue weighted by Crippen LogP contribution is -2.30. The normalized spacial score (nSPS) is 17.4. The molecule has 0 aliphatic heterocycles. The third-order valence-corrected chi connectivity index (χ3v) is 3.50. The first-order valence-electron chi connectivity index (χ1n) is 6.34. The number of hydrogen-bond donors (Lipinski definition) is 2. The second kappa shape index (κ2) is 7.14. The molecule has 0 unspecified atom stereocenters. The molecular formula is C12H23N3O2. The molecule has 0 atom stereocenters. The predicted molar refractivity (Wildman–Crippen MR) is 66.9 cm³/mol. The van der Waals surface area contributed by atoms with Crippen LogP contribution in [-0.4, -0.2) is 35.4 Å². The first-order valence-corrected chi connectivity index (χ1v) is 6.34. The van der Waals surface area contributed by atoms with Crippen molar-refractivity contribution in [1.82, 2.24) is 4.90 Å². The molecule has 0 heterocycles.